The molecule has 4 aromatic carbocycles. The van der Waals surface area contributed by atoms with Crippen molar-refractivity contribution in [2.45, 2.75) is 0 Å². The third-order valence-electron chi connectivity index (χ3n) is 9.21. The molecule has 0 saturated heterocycles. The summed E-state index contributed by atoms with van der Waals surface area (Å²) in [6.07, 6.45) is 6.15. The summed E-state index contributed by atoms with van der Waals surface area (Å²) in [7, 11) is 0. The van der Waals surface area contributed by atoms with Gasteiger partial charge in [0.15, 0.2) is 5.43 Å². The Morgan fingerprint density at radius 1 is 0.611 bits per heavy atom. The van der Waals surface area contributed by atoms with Gasteiger partial charge in [-0.15, -0.1) is 0 Å². The van der Waals surface area contributed by atoms with Crippen molar-refractivity contribution in [3.63, 3.8) is 0 Å². The molecule has 0 atom stereocenters. The number of halogens is 2. The van der Waals surface area contributed by atoms with Gasteiger partial charge in [-0.2, -0.15) is 0 Å². The van der Waals surface area contributed by atoms with E-state index in [0.29, 0.717) is 27.8 Å². The Bertz CT molecular complexity index is 2810. The molecular formula is C43H24Cl2N2O7. The predicted octanol–water partition coefficient (Wildman–Crippen LogP) is 10.4. The lowest BCUT2D eigenvalue weighted by atomic mass is 9.83. The fraction of sp³-hybridized carbons (Fsp3) is 0. The van der Waals surface area contributed by atoms with E-state index in [1.165, 1.54) is 12.4 Å². The number of phenolic OH excluding ortho intramolecular Hbond substituents is 1. The number of carbonyl (C=O) groups is 2. The monoisotopic (exact) mass is 750 g/mol. The number of rotatable bonds is 7. The van der Waals surface area contributed by atoms with Gasteiger partial charge < -0.3 is 19.7 Å². The van der Waals surface area contributed by atoms with Gasteiger partial charge in [-0.05, 0) is 41.5 Å². The van der Waals surface area contributed by atoms with Crippen LogP contribution in [0.5, 0.6) is 5.75 Å². The molecular weight excluding hydrogens is 727 g/mol. The molecule has 1 aliphatic heterocycles. The van der Waals surface area contributed by atoms with E-state index in [1.807, 2.05) is 6.07 Å². The van der Waals surface area contributed by atoms with Gasteiger partial charge in [0.05, 0.1) is 32.3 Å². The molecule has 0 unspecified atom stereocenters. The molecule has 0 fully saturated rings. The summed E-state index contributed by atoms with van der Waals surface area (Å²) in [5.41, 5.74) is 1.56. The molecule has 0 saturated carbocycles. The fourth-order valence-electron chi connectivity index (χ4n) is 6.85. The van der Waals surface area contributed by atoms with E-state index in [2.05, 4.69) is 9.97 Å². The van der Waals surface area contributed by atoms with Crippen LogP contribution in [0.25, 0.3) is 77.9 Å². The maximum atomic E-state index is 14.7. The summed E-state index contributed by atoms with van der Waals surface area (Å²) in [5, 5.41) is 32.5. The first-order valence-electron chi connectivity index (χ1n) is 16.4. The molecule has 9 nitrogen and oxygen atoms in total. The van der Waals surface area contributed by atoms with Gasteiger partial charge in [-0.25, -0.2) is 9.59 Å². The van der Waals surface area contributed by atoms with Crippen LogP contribution >= 0.6 is 23.2 Å². The van der Waals surface area contributed by atoms with E-state index in [-0.39, 0.29) is 60.9 Å². The molecule has 3 heterocycles. The smallest absolute Gasteiger partial charge is 0.337 e. The number of carboxylic acids is 2. The van der Waals surface area contributed by atoms with Crippen LogP contribution in [0.2, 0.25) is 10.0 Å². The zero-order valence-corrected chi connectivity index (χ0v) is 29.3. The Morgan fingerprint density at radius 2 is 1.19 bits per heavy atom. The number of aromatic hydroxyl groups is 1. The van der Waals surface area contributed by atoms with Crippen molar-refractivity contribution in [3.05, 3.63) is 159 Å². The Labute approximate surface area is 316 Å². The first-order valence-corrected chi connectivity index (χ1v) is 17.1. The summed E-state index contributed by atoms with van der Waals surface area (Å²) in [6.45, 7) is 0. The second-order valence-corrected chi connectivity index (χ2v) is 13.1. The molecule has 0 spiro atoms. The number of fused-ring (bicyclic) bond motifs is 2. The van der Waals surface area contributed by atoms with Crippen molar-refractivity contribution in [1.82, 2.24) is 9.97 Å². The van der Waals surface area contributed by atoms with Crippen LogP contribution in [0, 0.1) is 0 Å². The molecule has 2 aliphatic rings. The van der Waals surface area contributed by atoms with Crippen LogP contribution in [0.4, 0.5) is 0 Å². The third kappa shape index (κ3) is 5.63. The molecule has 0 radical (unpaired) electrons. The minimum atomic E-state index is -1.48. The van der Waals surface area contributed by atoms with E-state index >= 15 is 0 Å². The average Bonchev–Trinajstić information content (AvgIpc) is 3.18. The quantitative estimate of drug-likeness (QED) is 0.135. The minimum absolute atomic E-state index is 0.00330. The highest BCUT2D eigenvalue weighted by Crippen LogP contribution is 2.53. The summed E-state index contributed by atoms with van der Waals surface area (Å²) in [5.74, 6) is -3.13. The summed E-state index contributed by atoms with van der Waals surface area (Å²) in [4.78, 5) is 49.0. The number of aromatic nitrogens is 2. The zero-order chi connectivity index (χ0) is 37.7. The molecule has 0 amide bonds. The van der Waals surface area contributed by atoms with Gasteiger partial charge in [0.1, 0.15) is 17.1 Å². The molecule has 0 bridgehead atoms. The van der Waals surface area contributed by atoms with E-state index < -0.39 is 33.5 Å². The number of carboxylic acid groups (broad SMARTS) is 2. The van der Waals surface area contributed by atoms with Crippen molar-refractivity contribution in [3.8, 4) is 72.7 Å². The molecule has 1 aliphatic carbocycles. The molecule has 262 valence electrons. The number of hydrogen-bond donors (Lipinski definition) is 3. The van der Waals surface area contributed by atoms with Gasteiger partial charge in [-0.1, -0.05) is 96.0 Å². The lowest BCUT2D eigenvalue weighted by Gasteiger charge is -2.24. The Hall–Kier alpha value is -6.81. The molecule has 8 rings (SSSR count). The second-order valence-electron chi connectivity index (χ2n) is 12.3. The Balaban J connectivity index is 1.71. The van der Waals surface area contributed by atoms with E-state index in [9.17, 15) is 29.7 Å². The predicted molar refractivity (Wildman–Crippen MR) is 207 cm³/mol. The number of pyridine rings is 2. The first-order chi connectivity index (χ1) is 26.2. The first kappa shape index (κ1) is 34.3. The van der Waals surface area contributed by atoms with Crippen molar-refractivity contribution in [2.75, 3.05) is 0 Å². The average molecular weight is 752 g/mol. The highest BCUT2D eigenvalue weighted by Gasteiger charge is 2.34. The van der Waals surface area contributed by atoms with Crippen molar-refractivity contribution >= 4 is 46.1 Å². The number of hydrogen-bond acceptors (Lipinski definition) is 7. The zero-order valence-electron chi connectivity index (χ0n) is 27.7. The van der Waals surface area contributed by atoms with E-state index in [4.69, 9.17) is 27.6 Å². The van der Waals surface area contributed by atoms with Gasteiger partial charge in [0.25, 0.3) is 0 Å². The maximum Gasteiger partial charge on any atom is 0.337 e. The number of phenols is 1. The summed E-state index contributed by atoms with van der Waals surface area (Å²) >= 11 is 13.6. The largest absolute Gasteiger partial charge is 0.507 e. The highest BCUT2D eigenvalue weighted by molar-refractivity contribution is 6.41. The number of nitrogens with zero attached hydrogens (tertiary/aromatic N) is 2. The van der Waals surface area contributed by atoms with Crippen molar-refractivity contribution in [2.24, 2.45) is 0 Å². The van der Waals surface area contributed by atoms with Crippen LogP contribution in [-0.2, 0) is 0 Å². The van der Waals surface area contributed by atoms with Crippen LogP contribution in [0.1, 0.15) is 20.7 Å². The molecule has 11 heteroatoms. The highest BCUT2D eigenvalue weighted by atomic mass is 35.5. The van der Waals surface area contributed by atoms with Crippen molar-refractivity contribution < 1.29 is 29.3 Å². The Kier molecular flexibility index (Phi) is 8.65. The summed E-state index contributed by atoms with van der Waals surface area (Å²) < 4.78 is 6.82. The molecule has 6 aromatic rings. The van der Waals surface area contributed by atoms with Crippen molar-refractivity contribution in [1.29, 1.82) is 0 Å². The summed E-state index contributed by atoms with van der Waals surface area (Å²) in [6, 6.07) is 28.8. The minimum Gasteiger partial charge on any atom is -0.507 e. The Morgan fingerprint density at radius 3 is 1.74 bits per heavy atom. The molecule has 54 heavy (non-hydrogen) atoms. The molecule has 3 N–H and O–H groups in total. The SMILES string of the molecule is O=C(O)c1cc(Cl)c(C(=O)O)c(-c2c3cc(-c4ccccc4)c(=O)c(-c4cccnc4)c-3oc3c(-c4cccnc4)c(O)c(-c4ccccc4)cc23)c1Cl. The standard InChI is InChI=1S/C43H24Cl2N2O7/c44-31-19-30(42(50)51)37(45)36(35(31)43(52)53)34-28-17-26(22-9-3-1-4-10-22)38(48)32(24-13-7-15-46-20-24)40(28)54-41-29(34)18-27(23-11-5-2-6-12-23)39(49)33(41)25-14-8-16-47-21-25/h1-21,48H,(H,50,51)(H,52,53). The van der Waals surface area contributed by atoms with Gasteiger partial charge in [-0.3, -0.25) is 14.8 Å². The third-order valence-corrected chi connectivity index (χ3v) is 9.90. The van der Waals surface area contributed by atoms with Crippen LogP contribution in [0.3, 0.4) is 0 Å². The van der Waals surface area contributed by atoms with Gasteiger partial charge in [0, 0.05) is 69.1 Å². The van der Waals surface area contributed by atoms with Crippen LogP contribution in [-0.4, -0.2) is 37.2 Å². The lowest BCUT2D eigenvalue weighted by molar-refractivity contribution is 0.0682. The second kappa shape index (κ2) is 13.6. The fourth-order valence-corrected chi connectivity index (χ4v) is 7.46. The maximum absolute atomic E-state index is 14.7. The van der Waals surface area contributed by atoms with Gasteiger partial charge >= 0.3 is 11.9 Å². The van der Waals surface area contributed by atoms with Gasteiger partial charge in [0.2, 0.25) is 0 Å². The van der Waals surface area contributed by atoms with Crippen LogP contribution in [0.15, 0.2) is 137 Å². The molecule has 2 aromatic heterocycles. The topological polar surface area (TPSA) is 151 Å². The van der Waals surface area contributed by atoms with Crippen LogP contribution < -0.4 is 5.43 Å². The normalized spacial score (nSPS) is 11.2. The lowest BCUT2D eigenvalue weighted by Crippen LogP contribution is -2.13. The van der Waals surface area contributed by atoms with E-state index in [1.54, 1.807) is 103 Å². The number of benzene rings is 5. The van der Waals surface area contributed by atoms with E-state index in [0.717, 1.165) is 6.07 Å². The number of aromatic carboxylic acids is 2.